The van der Waals surface area contributed by atoms with Gasteiger partial charge in [-0.1, -0.05) is 12.1 Å². The van der Waals surface area contributed by atoms with Crippen LogP contribution >= 0.6 is 0 Å². The number of anilines is 2. The van der Waals surface area contributed by atoms with E-state index in [2.05, 4.69) is 20.7 Å². The van der Waals surface area contributed by atoms with Crippen molar-refractivity contribution in [3.8, 4) is 6.07 Å². The molecule has 2 aromatic carbocycles. The number of carbonyl (C=O) groups excluding carboxylic acids is 3. The molecular weight excluding hydrogens is 416 g/mol. The molecular formula is C22H22N4O6. The Morgan fingerprint density at radius 2 is 1.75 bits per heavy atom. The first-order valence-corrected chi connectivity index (χ1v) is 9.52. The number of ether oxygens (including phenoxy) is 1. The Labute approximate surface area is 184 Å². The zero-order valence-corrected chi connectivity index (χ0v) is 17.4. The van der Waals surface area contributed by atoms with E-state index in [-0.39, 0.29) is 5.56 Å². The van der Waals surface area contributed by atoms with Gasteiger partial charge in [-0.15, -0.1) is 0 Å². The summed E-state index contributed by atoms with van der Waals surface area (Å²) in [5.74, 6) is -2.48. The van der Waals surface area contributed by atoms with Crippen molar-refractivity contribution < 1.29 is 29.0 Å². The van der Waals surface area contributed by atoms with E-state index in [1.54, 1.807) is 25.1 Å². The van der Waals surface area contributed by atoms with Gasteiger partial charge in [-0.3, -0.25) is 9.59 Å². The lowest BCUT2D eigenvalue weighted by Gasteiger charge is -2.20. The molecule has 0 aliphatic heterocycles. The van der Waals surface area contributed by atoms with E-state index in [4.69, 9.17) is 5.26 Å². The summed E-state index contributed by atoms with van der Waals surface area (Å²) in [6.45, 7) is 1.55. The van der Waals surface area contributed by atoms with Crippen LogP contribution in [0.3, 0.4) is 0 Å². The molecule has 2 aromatic rings. The SMILES string of the molecule is COC(=O)[C@H](C)Nc1ccccc1C(=O)[C@H](CC(=O)O)NC(=O)Nc1ccc(C#N)cc1. The number of urea groups is 1. The van der Waals surface area contributed by atoms with Crippen LogP contribution in [0.25, 0.3) is 0 Å². The number of carboxylic acids is 1. The quantitative estimate of drug-likeness (QED) is 0.343. The van der Waals surface area contributed by atoms with Gasteiger partial charge in [0.2, 0.25) is 0 Å². The topological polar surface area (TPSA) is 158 Å². The van der Waals surface area contributed by atoms with Crippen LogP contribution in [0.4, 0.5) is 16.2 Å². The Hall–Kier alpha value is -4.39. The number of nitrogens with one attached hydrogen (secondary N) is 3. The first kappa shape index (κ1) is 23.9. The normalized spacial score (nSPS) is 11.9. The van der Waals surface area contributed by atoms with Crippen molar-refractivity contribution >= 4 is 35.1 Å². The Morgan fingerprint density at radius 3 is 2.34 bits per heavy atom. The van der Waals surface area contributed by atoms with Crippen molar-refractivity contribution in [2.45, 2.75) is 25.4 Å². The third kappa shape index (κ3) is 6.56. The molecule has 10 nitrogen and oxygen atoms in total. The molecule has 0 aromatic heterocycles. The molecule has 0 aliphatic rings. The van der Waals surface area contributed by atoms with Crippen molar-refractivity contribution in [1.29, 1.82) is 5.26 Å². The van der Waals surface area contributed by atoms with Gasteiger partial charge in [0, 0.05) is 16.9 Å². The van der Waals surface area contributed by atoms with Crippen LogP contribution in [0.15, 0.2) is 48.5 Å². The second-order valence-corrected chi connectivity index (χ2v) is 6.74. The average molecular weight is 438 g/mol. The first-order valence-electron chi connectivity index (χ1n) is 9.52. The van der Waals surface area contributed by atoms with Crippen LogP contribution in [-0.2, 0) is 14.3 Å². The molecule has 32 heavy (non-hydrogen) atoms. The summed E-state index contributed by atoms with van der Waals surface area (Å²) < 4.78 is 4.66. The van der Waals surface area contributed by atoms with Crippen LogP contribution < -0.4 is 16.0 Å². The predicted octanol–water partition coefficient (Wildman–Crippen LogP) is 2.38. The number of para-hydroxylation sites is 1. The van der Waals surface area contributed by atoms with Gasteiger partial charge in [-0.25, -0.2) is 9.59 Å². The monoisotopic (exact) mass is 438 g/mol. The number of methoxy groups -OCH3 is 1. The average Bonchev–Trinajstić information content (AvgIpc) is 2.78. The number of amides is 2. The molecule has 0 saturated carbocycles. The van der Waals surface area contributed by atoms with Crippen molar-refractivity contribution in [3.05, 3.63) is 59.7 Å². The smallest absolute Gasteiger partial charge is 0.327 e. The molecule has 2 rings (SSSR count). The summed E-state index contributed by atoms with van der Waals surface area (Å²) in [6.07, 6.45) is -0.652. The van der Waals surface area contributed by atoms with E-state index in [9.17, 15) is 24.3 Å². The van der Waals surface area contributed by atoms with Crippen molar-refractivity contribution in [1.82, 2.24) is 5.32 Å². The zero-order chi connectivity index (χ0) is 23.7. The lowest BCUT2D eigenvalue weighted by molar-refractivity contribution is -0.141. The van der Waals surface area contributed by atoms with Gasteiger partial charge in [-0.05, 0) is 43.3 Å². The van der Waals surface area contributed by atoms with Crippen molar-refractivity contribution in [2.75, 3.05) is 17.7 Å². The second kappa shape index (κ2) is 11.1. The van der Waals surface area contributed by atoms with E-state index >= 15 is 0 Å². The summed E-state index contributed by atoms with van der Waals surface area (Å²) in [7, 11) is 1.23. The largest absolute Gasteiger partial charge is 0.481 e. The third-order valence-corrected chi connectivity index (χ3v) is 4.39. The Morgan fingerprint density at radius 1 is 1.09 bits per heavy atom. The third-order valence-electron chi connectivity index (χ3n) is 4.39. The predicted molar refractivity (Wildman–Crippen MR) is 115 cm³/mol. The Bertz CT molecular complexity index is 1050. The highest BCUT2D eigenvalue weighted by atomic mass is 16.5. The molecule has 0 bridgehead atoms. The molecule has 0 heterocycles. The number of rotatable bonds is 9. The molecule has 0 radical (unpaired) electrons. The van der Waals surface area contributed by atoms with Gasteiger partial charge >= 0.3 is 18.0 Å². The number of hydrogen-bond donors (Lipinski definition) is 4. The van der Waals surface area contributed by atoms with Gasteiger partial charge in [-0.2, -0.15) is 5.26 Å². The molecule has 0 unspecified atom stereocenters. The van der Waals surface area contributed by atoms with Gasteiger partial charge in [0.15, 0.2) is 5.78 Å². The van der Waals surface area contributed by atoms with Crippen LogP contribution in [-0.4, -0.2) is 48.1 Å². The highest BCUT2D eigenvalue weighted by Gasteiger charge is 2.27. The van der Waals surface area contributed by atoms with Crippen LogP contribution in [0.1, 0.15) is 29.3 Å². The molecule has 2 atom stereocenters. The lowest BCUT2D eigenvalue weighted by atomic mass is 9.99. The number of esters is 1. The van der Waals surface area contributed by atoms with Gasteiger partial charge in [0.05, 0.1) is 25.2 Å². The van der Waals surface area contributed by atoms with Crippen LogP contribution in [0.2, 0.25) is 0 Å². The molecule has 0 saturated heterocycles. The molecule has 10 heteroatoms. The number of benzene rings is 2. The van der Waals surface area contributed by atoms with Crippen molar-refractivity contribution in [2.24, 2.45) is 0 Å². The van der Waals surface area contributed by atoms with Crippen LogP contribution in [0, 0.1) is 11.3 Å². The first-order chi connectivity index (χ1) is 15.2. The van der Waals surface area contributed by atoms with Gasteiger partial charge in [0.25, 0.3) is 0 Å². The summed E-state index contributed by atoms with van der Waals surface area (Å²) in [4.78, 5) is 48.5. The number of carbonyl (C=O) groups is 4. The highest BCUT2D eigenvalue weighted by Crippen LogP contribution is 2.20. The van der Waals surface area contributed by atoms with E-state index < -0.39 is 42.3 Å². The van der Waals surface area contributed by atoms with E-state index in [1.807, 2.05) is 6.07 Å². The Kier molecular flexibility index (Phi) is 8.30. The fraction of sp³-hybridized carbons (Fsp3) is 0.227. The number of ketones is 1. The number of hydrogen-bond acceptors (Lipinski definition) is 7. The maximum Gasteiger partial charge on any atom is 0.327 e. The summed E-state index contributed by atoms with van der Waals surface area (Å²) in [5, 5.41) is 25.8. The zero-order valence-electron chi connectivity index (χ0n) is 17.4. The molecule has 0 spiro atoms. The van der Waals surface area contributed by atoms with E-state index in [0.29, 0.717) is 16.9 Å². The van der Waals surface area contributed by atoms with E-state index in [0.717, 1.165) is 0 Å². The maximum absolute atomic E-state index is 13.1. The summed E-state index contributed by atoms with van der Waals surface area (Å²) >= 11 is 0. The number of nitriles is 1. The van der Waals surface area contributed by atoms with E-state index in [1.165, 1.54) is 37.4 Å². The molecule has 0 fully saturated rings. The lowest BCUT2D eigenvalue weighted by Crippen LogP contribution is -2.44. The minimum absolute atomic E-state index is 0.105. The number of nitrogens with zero attached hydrogens (tertiary/aromatic N) is 1. The number of aliphatic carboxylic acids is 1. The fourth-order valence-corrected chi connectivity index (χ4v) is 2.82. The molecule has 4 N–H and O–H groups in total. The number of Topliss-reactive ketones (excluding diaryl/α,β-unsaturated/α-hetero) is 1. The number of carboxylic acid groups (broad SMARTS) is 1. The Balaban J connectivity index is 2.20. The van der Waals surface area contributed by atoms with Crippen molar-refractivity contribution in [3.63, 3.8) is 0 Å². The standard InChI is InChI=1S/C22H22N4O6/c1-13(21(30)32-2)24-17-6-4-3-5-16(17)20(29)18(11-19(27)28)26-22(31)25-15-9-7-14(12-23)8-10-15/h3-10,13,18,24H,11H2,1-2H3,(H,27,28)(H2,25,26,31)/t13-,18-/m0/s1. The maximum atomic E-state index is 13.1. The molecule has 0 aliphatic carbocycles. The minimum Gasteiger partial charge on any atom is -0.481 e. The highest BCUT2D eigenvalue weighted by molar-refractivity contribution is 6.08. The van der Waals surface area contributed by atoms with Gasteiger partial charge < -0.3 is 25.8 Å². The molecule has 166 valence electrons. The summed E-state index contributed by atoms with van der Waals surface area (Å²) in [5.41, 5.74) is 1.16. The summed E-state index contributed by atoms with van der Waals surface area (Å²) in [6, 6.07) is 11.3. The second-order valence-electron chi connectivity index (χ2n) is 6.74. The fourth-order valence-electron chi connectivity index (χ4n) is 2.82. The van der Waals surface area contributed by atoms with Gasteiger partial charge in [0.1, 0.15) is 12.1 Å². The molecule has 2 amide bonds. The van der Waals surface area contributed by atoms with Crippen LogP contribution in [0.5, 0.6) is 0 Å². The minimum atomic E-state index is -1.37.